The Labute approximate surface area is 104 Å². The van der Waals surface area contributed by atoms with Gasteiger partial charge in [0.25, 0.3) is 0 Å². The summed E-state index contributed by atoms with van der Waals surface area (Å²) >= 11 is 0. The van der Waals surface area contributed by atoms with Crippen molar-refractivity contribution in [3.63, 3.8) is 0 Å². The second-order valence-electron chi connectivity index (χ2n) is 6.57. The highest BCUT2D eigenvalue weighted by atomic mass is 16.3. The Balaban J connectivity index is 2.01. The molecule has 1 atom stereocenters. The predicted molar refractivity (Wildman–Crippen MR) is 67.5 cm³/mol. The summed E-state index contributed by atoms with van der Waals surface area (Å²) in [6.07, 6.45) is 7.39. The number of hydrogen-bond acceptors (Lipinski definition) is 2. The zero-order chi connectivity index (χ0) is 12.5. The van der Waals surface area contributed by atoms with Gasteiger partial charge in [0.1, 0.15) is 0 Å². The molecule has 2 saturated carbocycles. The molecule has 0 radical (unpaired) electrons. The van der Waals surface area contributed by atoms with Crippen molar-refractivity contribution in [2.75, 3.05) is 6.61 Å². The third-order valence-corrected chi connectivity index (χ3v) is 4.83. The monoisotopic (exact) mass is 239 g/mol. The van der Waals surface area contributed by atoms with Crippen molar-refractivity contribution < 1.29 is 9.90 Å². The summed E-state index contributed by atoms with van der Waals surface area (Å²) in [4.78, 5) is 12.4. The van der Waals surface area contributed by atoms with Crippen LogP contribution in [0.4, 0.5) is 0 Å². The van der Waals surface area contributed by atoms with Crippen LogP contribution in [0.1, 0.15) is 58.8 Å². The lowest BCUT2D eigenvalue weighted by molar-refractivity contribution is -0.130. The standard InChI is InChI=1S/C14H25NO2/c1-13(2)7-5-6-11(13)12(17)15-14(10-16)8-3-4-9-14/h11,16H,3-10H2,1-2H3,(H,15,17). The van der Waals surface area contributed by atoms with Crippen molar-refractivity contribution in [2.24, 2.45) is 11.3 Å². The van der Waals surface area contributed by atoms with Crippen molar-refractivity contribution in [3.05, 3.63) is 0 Å². The second kappa shape index (κ2) is 4.60. The fourth-order valence-corrected chi connectivity index (χ4v) is 3.54. The summed E-state index contributed by atoms with van der Waals surface area (Å²) in [5.74, 6) is 0.301. The third kappa shape index (κ3) is 2.49. The van der Waals surface area contributed by atoms with Gasteiger partial charge in [-0.3, -0.25) is 4.79 Å². The van der Waals surface area contributed by atoms with Gasteiger partial charge in [-0.15, -0.1) is 0 Å². The van der Waals surface area contributed by atoms with E-state index in [9.17, 15) is 9.90 Å². The first kappa shape index (κ1) is 12.9. The molecule has 0 aromatic rings. The minimum absolute atomic E-state index is 0.0892. The van der Waals surface area contributed by atoms with Gasteiger partial charge in [-0.25, -0.2) is 0 Å². The molecular weight excluding hydrogens is 214 g/mol. The summed E-state index contributed by atoms with van der Waals surface area (Å²) in [5.41, 5.74) is -0.185. The van der Waals surface area contributed by atoms with Crippen LogP contribution in [0.15, 0.2) is 0 Å². The Bertz CT molecular complexity index is 293. The van der Waals surface area contributed by atoms with Gasteiger partial charge in [0, 0.05) is 5.92 Å². The Hall–Kier alpha value is -0.570. The zero-order valence-electron chi connectivity index (χ0n) is 11.1. The minimum atomic E-state index is -0.310. The van der Waals surface area contributed by atoms with Crippen molar-refractivity contribution in [3.8, 4) is 0 Å². The fraction of sp³-hybridized carbons (Fsp3) is 0.929. The Morgan fingerprint density at radius 2 is 1.88 bits per heavy atom. The predicted octanol–water partition coefficient (Wildman–Crippen LogP) is 2.23. The van der Waals surface area contributed by atoms with Gasteiger partial charge in [0.15, 0.2) is 0 Å². The quantitative estimate of drug-likeness (QED) is 0.793. The van der Waals surface area contributed by atoms with Gasteiger partial charge < -0.3 is 10.4 Å². The lowest BCUT2D eigenvalue weighted by Gasteiger charge is -2.33. The zero-order valence-corrected chi connectivity index (χ0v) is 11.1. The van der Waals surface area contributed by atoms with E-state index in [1.807, 2.05) is 0 Å². The van der Waals surface area contributed by atoms with Gasteiger partial charge in [-0.1, -0.05) is 33.1 Å². The van der Waals surface area contributed by atoms with Crippen molar-refractivity contribution in [2.45, 2.75) is 64.3 Å². The SMILES string of the molecule is CC1(C)CCCC1C(=O)NC1(CO)CCCC1. The van der Waals surface area contributed by atoms with Gasteiger partial charge in [0.2, 0.25) is 5.91 Å². The molecule has 2 aliphatic carbocycles. The molecule has 0 saturated heterocycles. The highest BCUT2D eigenvalue weighted by Gasteiger charge is 2.43. The first-order chi connectivity index (χ1) is 7.99. The summed E-state index contributed by atoms with van der Waals surface area (Å²) < 4.78 is 0. The number of amides is 1. The molecule has 2 aliphatic rings. The number of nitrogens with one attached hydrogen (secondary N) is 1. The number of aliphatic hydroxyl groups is 1. The molecule has 17 heavy (non-hydrogen) atoms. The molecular formula is C14H25NO2. The summed E-state index contributed by atoms with van der Waals surface area (Å²) in [5, 5.41) is 12.7. The molecule has 0 aromatic heterocycles. The summed E-state index contributed by atoms with van der Waals surface area (Å²) in [6, 6.07) is 0. The molecule has 0 aromatic carbocycles. The molecule has 3 heteroatoms. The maximum Gasteiger partial charge on any atom is 0.224 e. The van der Waals surface area contributed by atoms with Crippen molar-refractivity contribution in [1.82, 2.24) is 5.32 Å². The van der Waals surface area contributed by atoms with Crippen LogP contribution in [0.5, 0.6) is 0 Å². The molecule has 98 valence electrons. The largest absolute Gasteiger partial charge is 0.394 e. The van der Waals surface area contributed by atoms with E-state index in [0.717, 1.165) is 44.9 Å². The van der Waals surface area contributed by atoms with E-state index in [1.165, 1.54) is 0 Å². The minimum Gasteiger partial charge on any atom is -0.394 e. The molecule has 0 heterocycles. The number of aliphatic hydroxyl groups excluding tert-OH is 1. The Morgan fingerprint density at radius 3 is 2.35 bits per heavy atom. The van der Waals surface area contributed by atoms with E-state index >= 15 is 0 Å². The van der Waals surface area contributed by atoms with E-state index in [1.54, 1.807) is 0 Å². The van der Waals surface area contributed by atoms with E-state index in [0.29, 0.717) is 0 Å². The van der Waals surface area contributed by atoms with Crippen LogP contribution in [0.3, 0.4) is 0 Å². The maximum atomic E-state index is 12.4. The van der Waals surface area contributed by atoms with E-state index in [4.69, 9.17) is 0 Å². The number of carbonyl (C=O) groups excluding carboxylic acids is 1. The molecule has 2 N–H and O–H groups in total. The topological polar surface area (TPSA) is 49.3 Å². The average molecular weight is 239 g/mol. The number of hydrogen-bond donors (Lipinski definition) is 2. The maximum absolute atomic E-state index is 12.4. The molecule has 1 unspecified atom stereocenters. The van der Waals surface area contributed by atoms with E-state index in [2.05, 4.69) is 19.2 Å². The smallest absolute Gasteiger partial charge is 0.224 e. The molecule has 0 bridgehead atoms. The normalized spacial score (nSPS) is 30.4. The van der Waals surface area contributed by atoms with Crippen molar-refractivity contribution in [1.29, 1.82) is 0 Å². The molecule has 1 amide bonds. The van der Waals surface area contributed by atoms with Crippen molar-refractivity contribution >= 4 is 5.91 Å². The summed E-state index contributed by atoms with van der Waals surface area (Å²) in [7, 11) is 0. The Kier molecular flexibility index (Phi) is 3.48. The van der Waals surface area contributed by atoms with Crippen LogP contribution in [-0.2, 0) is 4.79 Å². The first-order valence-corrected chi connectivity index (χ1v) is 6.92. The van der Waals surface area contributed by atoms with E-state index in [-0.39, 0.29) is 29.4 Å². The molecule has 0 aliphatic heterocycles. The molecule has 2 fully saturated rings. The van der Waals surface area contributed by atoms with Gasteiger partial charge in [0.05, 0.1) is 12.1 Å². The van der Waals surface area contributed by atoms with Crippen LogP contribution in [0, 0.1) is 11.3 Å². The fourth-order valence-electron chi connectivity index (χ4n) is 3.54. The Morgan fingerprint density at radius 1 is 1.24 bits per heavy atom. The van der Waals surface area contributed by atoms with Gasteiger partial charge in [-0.2, -0.15) is 0 Å². The summed E-state index contributed by atoms with van der Waals surface area (Å²) in [6.45, 7) is 4.46. The van der Waals surface area contributed by atoms with Gasteiger partial charge >= 0.3 is 0 Å². The van der Waals surface area contributed by atoms with Crippen LogP contribution in [-0.4, -0.2) is 23.2 Å². The van der Waals surface area contributed by atoms with E-state index < -0.39 is 0 Å². The molecule has 2 rings (SSSR count). The lowest BCUT2D eigenvalue weighted by atomic mass is 9.80. The molecule has 3 nitrogen and oxygen atoms in total. The molecule has 0 spiro atoms. The van der Waals surface area contributed by atoms with Crippen LogP contribution in [0.2, 0.25) is 0 Å². The van der Waals surface area contributed by atoms with Crippen LogP contribution in [0.25, 0.3) is 0 Å². The van der Waals surface area contributed by atoms with Crippen LogP contribution >= 0.6 is 0 Å². The average Bonchev–Trinajstić information content (AvgIpc) is 2.85. The lowest BCUT2D eigenvalue weighted by Crippen LogP contribution is -2.52. The highest BCUT2D eigenvalue weighted by Crippen LogP contribution is 2.43. The first-order valence-electron chi connectivity index (χ1n) is 6.92. The second-order valence-corrected chi connectivity index (χ2v) is 6.57. The number of carbonyl (C=O) groups is 1. The highest BCUT2D eigenvalue weighted by molar-refractivity contribution is 5.80. The third-order valence-electron chi connectivity index (χ3n) is 4.83. The van der Waals surface area contributed by atoms with Crippen LogP contribution < -0.4 is 5.32 Å². The number of rotatable bonds is 3. The van der Waals surface area contributed by atoms with Gasteiger partial charge in [-0.05, 0) is 31.1 Å².